The minimum Gasteiger partial charge on any atom is -0.743 e. The van der Waals surface area contributed by atoms with E-state index in [1.165, 1.54) is 0 Å². The van der Waals surface area contributed by atoms with Gasteiger partial charge in [0.15, 0.2) is 10.1 Å². The minimum absolute atomic E-state index is 0.0885. The van der Waals surface area contributed by atoms with Gasteiger partial charge in [-0.1, -0.05) is 0 Å². The Morgan fingerprint density at radius 2 is 1.83 bits per heavy atom. The quantitative estimate of drug-likeness (QED) is 0.274. The van der Waals surface area contributed by atoms with Crippen LogP contribution in [0.4, 0.5) is 17.6 Å². The molecular weight excluding hydrogens is 288 g/mol. The molecule has 1 fully saturated rings. The largest absolute Gasteiger partial charge is 0.743 e. The Morgan fingerprint density at radius 3 is 2.28 bits per heavy atom. The smallest absolute Gasteiger partial charge is 0.433 e. The van der Waals surface area contributed by atoms with Gasteiger partial charge in [-0.15, -0.1) is 0 Å². The molecule has 1 heterocycles. The summed E-state index contributed by atoms with van der Waals surface area (Å²) < 4.78 is 93.1. The Morgan fingerprint density at radius 1 is 1.28 bits per heavy atom. The van der Waals surface area contributed by atoms with Crippen LogP contribution in [-0.2, 0) is 24.3 Å². The number of halogens is 4. The predicted molar refractivity (Wildman–Crippen MR) is 46.1 cm³/mol. The molecule has 0 aromatic heterocycles. The van der Waals surface area contributed by atoms with Crippen molar-refractivity contribution in [1.82, 2.24) is 0 Å². The third kappa shape index (κ3) is 3.75. The molecule has 6 nitrogen and oxygen atoms in total. The van der Waals surface area contributed by atoms with Crippen molar-refractivity contribution in [3.05, 3.63) is 0 Å². The normalized spacial score (nSPS) is 21.1. The molecule has 108 valence electrons. The predicted octanol–water partition coefficient (Wildman–Crippen LogP) is 0.149. The van der Waals surface area contributed by atoms with Gasteiger partial charge in [0, 0.05) is 0 Å². The van der Waals surface area contributed by atoms with E-state index in [1.807, 2.05) is 0 Å². The number of alkyl halides is 4. The van der Waals surface area contributed by atoms with Crippen molar-refractivity contribution in [3.8, 4) is 0 Å². The second-order valence-electron chi connectivity index (χ2n) is 3.37. The number of epoxide rings is 1. The van der Waals surface area contributed by atoms with Gasteiger partial charge in [0.05, 0.1) is 26.4 Å². The first-order valence-corrected chi connectivity index (χ1v) is 6.03. The van der Waals surface area contributed by atoms with Crippen LogP contribution in [-0.4, -0.2) is 56.9 Å². The third-order valence-electron chi connectivity index (χ3n) is 1.87. The maximum absolute atomic E-state index is 12.7. The highest BCUT2D eigenvalue weighted by molar-refractivity contribution is 7.86. The molecule has 1 rings (SSSR count). The van der Waals surface area contributed by atoms with E-state index in [0.717, 1.165) is 0 Å². The van der Waals surface area contributed by atoms with Gasteiger partial charge in [-0.05, 0) is 0 Å². The zero-order valence-corrected chi connectivity index (χ0v) is 9.59. The van der Waals surface area contributed by atoms with Gasteiger partial charge in [0.2, 0.25) is 0 Å². The van der Waals surface area contributed by atoms with E-state index in [9.17, 15) is 30.5 Å². The van der Waals surface area contributed by atoms with Gasteiger partial charge in [0.1, 0.15) is 6.10 Å². The van der Waals surface area contributed by atoms with Gasteiger partial charge in [-0.25, -0.2) is 8.42 Å². The molecule has 1 aliphatic heterocycles. The van der Waals surface area contributed by atoms with Crippen LogP contribution in [0, 0.1) is 0 Å². The Balaban J connectivity index is 2.37. The molecule has 0 saturated carbocycles. The fraction of sp³-hybridized carbons (Fsp3) is 1.00. The van der Waals surface area contributed by atoms with E-state index in [4.69, 9.17) is 9.47 Å². The Kier molecular flexibility index (Phi) is 4.54. The summed E-state index contributed by atoms with van der Waals surface area (Å²) in [4.78, 5) is 0. The molecule has 0 spiro atoms. The average molecular weight is 297 g/mol. The zero-order chi connectivity index (χ0) is 14.0. The highest BCUT2D eigenvalue weighted by Gasteiger charge is 2.63. The van der Waals surface area contributed by atoms with Crippen molar-refractivity contribution < 1.29 is 44.7 Å². The molecule has 1 atom stereocenters. The summed E-state index contributed by atoms with van der Waals surface area (Å²) in [5, 5.41) is -5.83. The number of rotatable bonds is 8. The van der Waals surface area contributed by atoms with E-state index in [2.05, 4.69) is 4.74 Å². The van der Waals surface area contributed by atoms with Crippen LogP contribution < -0.4 is 0 Å². The molecule has 1 unspecified atom stereocenters. The third-order valence-corrected chi connectivity index (χ3v) is 2.74. The lowest BCUT2D eigenvalue weighted by atomic mass is 10.5. The number of hydrogen-bond acceptors (Lipinski definition) is 6. The zero-order valence-electron chi connectivity index (χ0n) is 8.78. The van der Waals surface area contributed by atoms with Crippen molar-refractivity contribution in [1.29, 1.82) is 0 Å². The van der Waals surface area contributed by atoms with Crippen LogP contribution in [0.25, 0.3) is 0 Å². The Labute approximate surface area is 99.6 Å². The number of ether oxygens (including phenoxy) is 3. The number of hydrogen-bond donors (Lipinski definition) is 0. The summed E-state index contributed by atoms with van der Waals surface area (Å²) in [6.07, 6.45) is -5.55. The fourth-order valence-corrected chi connectivity index (χ4v) is 1.19. The SMILES string of the molecule is O=S(=O)([O-])C(F)(F)C(F)(F)OCCOCC1CO1. The first-order chi connectivity index (χ1) is 8.08. The van der Waals surface area contributed by atoms with Crippen LogP contribution in [0.15, 0.2) is 0 Å². The van der Waals surface area contributed by atoms with Gasteiger partial charge in [-0.3, -0.25) is 0 Å². The van der Waals surface area contributed by atoms with Crippen LogP contribution in [0.2, 0.25) is 0 Å². The molecule has 0 aliphatic carbocycles. The van der Waals surface area contributed by atoms with Gasteiger partial charge in [0.25, 0.3) is 0 Å². The van der Waals surface area contributed by atoms with Crippen molar-refractivity contribution in [2.24, 2.45) is 0 Å². The molecule has 1 aliphatic rings. The molecule has 0 aromatic rings. The molecule has 18 heavy (non-hydrogen) atoms. The van der Waals surface area contributed by atoms with Crippen molar-refractivity contribution in [2.45, 2.75) is 17.5 Å². The highest BCUT2D eigenvalue weighted by atomic mass is 32.2. The van der Waals surface area contributed by atoms with E-state index in [0.29, 0.717) is 6.61 Å². The van der Waals surface area contributed by atoms with Gasteiger partial charge < -0.3 is 18.8 Å². The highest BCUT2D eigenvalue weighted by Crippen LogP contribution is 2.38. The molecule has 0 bridgehead atoms. The van der Waals surface area contributed by atoms with Crippen molar-refractivity contribution in [2.75, 3.05) is 26.4 Å². The maximum atomic E-state index is 12.7. The van der Waals surface area contributed by atoms with E-state index in [-0.39, 0.29) is 12.7 Å². The van der Waals surface area contributed by atoms with Crippen LogP contribution in [0.3, 0.4) is 0 Å². The lowest BCUT2D eigenvalue weighted by Crippen LogP contribution is -2.49. The molecule has 0 radical (unpaired) electrons. The van der Waals surface area contributed by atoms with Crippen molar-refractivity contribution >= 4 is 10.1 Å². The van der Waals surface area contributed by atoms with E-state index < -0.39 is 34.7 Å². The Bertz CT molecular complexity index is 379. The average Bonchev–Trinajstić information content (AvgIpc) is 2.98. The minimum atomic E-state index is -6.53. The van der Waals surface area contributed by atoms with E-state index in [1.54, 1.807) is 0 Å². The maximum Gasteiger partial charge on any atom is 0.433 e. The Hall–Kier alpha value is -0.490. The van der Waals surface area contributed by atoms with Crippen LogP contribution in [0.5, 0.6) is 0 Å². The van der Waals surface area contributed by atoms with Gasteiger partial charge in [-0.2, -0.15) is 17.6 Å². The second-order valence-corrected chi connectivity index (χ2v) is 4.79. The van der Waals surface area contributed by atoms with E-state index >= 15 is 0 Å². The molecule has 0 aromatic carbocycles. The monoisotopic (exact) mass is 297 g/mol. The summed E-state index contributed by atoms with van der Waals surface area (Å²) in [7, 11) is -6.53. The van der Waals surface area contributed by atoms with Crippen LogP contribution in [0.1, 0.15) is 0 Å². The fourth-order valence-electron chi connectivity index (χ4n) is 0.837. The molecule has 1 saturated heterocycles. The molecule has 0 N–H and O–H groups in total. The standard InChI is InChI=1S/C7H10F4O6S/c8-6(9,7(10,11)18(12,13)14)17-2-1-15-3-5-4-16-5/h5H,1-4H2,(H,12,13,14)/p-1. The van der Waals surface area contributed by atoms with Crippen molar-refractivity contribution in [3.63, 3.8) is 0 Å². The first kappa shape index (κ1) is 15.6. The first-order valence-electron chi connectivity index (χ1n) is 4.62. The summed E-state index contributed by atoms with van der Waals surface area (Å²) in [5.74, 6) is 0. The molecular formula is C7H9F4O6S-. The lowest BCUT2D eigenvalue weighted by Gasteiger charge is -2.27. The molecule has 11 heteroatoms. The summed E-state index contributed by atoms with van der Waals surface area (Å²) in [6.45, 7) is -0.913. The summed E-state index contributed by atoms with van der Waals surface area (Å²) in [5.41, 5.74) is 0. The van der Waals surface area contributed by atoms with Crippen LogP contribution >= 0.6 is 0 Å². The second kappa shape index (κ2) is 5.25. The molecule has 0 amide bonds. The lowest BCUT2D eigenvalue weighted by molar-refractivity contribution is -0.320. The summed E-state index contributed by atoms with van der Waals surface area (Å²) >= 11 is 0. The topological polar surface area (TPSA) is 88.2 Å². The van der Waals surface area contributed by atoms with Gasteiger partial charge >= 0.3 is 11.4 Å². The summed E-state index contributed by atoms with van der Waals surface area (Å²) in [6, 6.07) is 0.